The van der Waals surface area contributed by atoms with E-state index >= 15 is 0 Å². The summed E-state index contributed by atoms with van der Waals surface area (Å²) in [6.07, 6.45) is 7.16. The summed E-state index contributed by atoms with van der Waals surface area (Å²) in [4.78, 5) is 21.2. The standard InChI is InChI=1S/C20H20F2N4O3/c21-14-8-13(12-2-1-3-12)4-5-16(14)24-19-17-9-23-11-26(17)10-15(22)18(19)20(28)25-29-7-6-27/h4-5,8-12,24,27H,1-3,6-7H2,(H,25,28). The van der Waals surface area contributed by atoms with Crippen LogP contribution in [0.15, 0.2) is 36.9 Å². The van der Waals surface area contributed by atoms with E-state index in [1.807, 2.05) is 6.07 Å². The van der Waals surface area contributed by atoms with E-state index in [4.69, 9.17) is 9.94 Å². The van der Waals surface area contributed by atoms with Crippen LogP contribution in [0.25, 0.3) is 5.52 Å². The van der Waals surface area contributed by atoms with Gasteiger partial charge in [0.05, 0.1) is 42.6 Å². The number of carbonyl (C=O) groups is 1. The van der Waals surface area contributed by atoms with Crippen LogP contribution in [0, 0.1) is 11.6 Å². The first kappa shape index (κ1) is 19.3. The Morgan fingerprint density at radius 3 is 2.83 bits per heavy atom. The monoisotopic (exact) mass is 402 g/mol. The van der Waals surface area contributed by atoms with Gasteiger partial charge in [-0.05, 0) is 36.5 Å². The van der Waals surface area contributed by atoms with Crippen molar-refractivity contribution >= 4 is 22.8 Å². The number of anilines is 2. The van der Waals surface area contributed by atoms with E-state index < -0.39 is 17.5 Å². The Bertz CT molecular complexity index is 1050. The molecule has 1 aliphatic carbocycles. The zero-order chi connectivity index (χ0) is 20.4. The van der Waals surface area contributed by atoms with Crippen LogP contribution in [0.4, 0.5) is 20.2 Å². The van der Waals surface area contributed by atoms with Gasteiger partial charge in [-0.1, -0.05) is 12.5 Å². The smallest absolute Gasteiger partial charge is 0.280 e. The van der Waals surface area contributed by atoms with Gasteiger partial charge in [0.2, 0.25) is 0 Å². The van der Waals surface area contributed by atoms with Crippen molar-refractivity contribution in [2.45, 2.75) is 25.2 Å². The topological polar surface area (TPSA) is 87.9 Å². The van der Waals surface area contributed by atoms with E-state index in [1.54, 1.807) is 6.07 Å². The largest absolute Gasteiger partial charge is 0.394 e. The van der Waals surface area contributed by atoms with Gasteiger partial charge in [-0.15, -0.1) is 0 Å². The first-order chi connectivity index (χ1) is 14.1. The quantitative estimate of drug-likeness (QED) is 0.417. The second kappa shape index (κ2) is 8.14. The molecule has 7 nitrogen and oxygen atoms in total. The molecule has 3 N–H and O–H groups in total. The first-order valence-electron chi connectivity index (χ1n) is 9.32. The highest BCUT2D eigenvalue weighted by molar-refractivity contribution is 6.03. The highest BCUT2D eigenvalue weighted by Crippen LogP contribution is 2.38. The maximum atomic E-state index is 14.7. The summed E-state index contributed by atoms with van der Waals surface area (Å²) in [5.41, 5.74) is 3.23. The number of aliphatic hydroxyl groups is 1. The van der Waals surface area contributed by atoms with Crippen LogP contribution in [0.1, 0.15) is 41.1 Å². The third-order valence-electron chi connectivity index (χ3n) is 5.08. The van der Waals surface area contributed by atoms with Crippen LogP contribution in [0.5, 0.6) is 0 Å². The molecule has 1 aliphatic rings. The van der Waals surface area contributed by atoms with Crippen LogP contribution in [0.2, 0.25) is 0 Å². The molecule has 0 unspecified atom stereocenters. The van der Waals surface area contributed by atoms with Crippen molar-refractivity contribution in [2.24, 2.45) is 0 Å². The van der Waals surface area contributed by atoms with Crippen molar-refractivity contribution in [1.29, 1.82) is 0 Å². The minimum absolute atomic E-state index is 0.0582. The number of halogens is 2. The van der Waals surface area contributed by atoms with Crippen LogP contribution in [-0.4, -0.2) is 33.6 Å². The van der Waals surface area contributed by atoms with Crippen molar-refractivity contribution in [3.8, 4) is 0 Å². The summed E-state index contributed by atoms with van der Waals surface area (Å²) in [5, 5.41) is 11.6. The third-order valence-corrected chi connectivity index (χ3v) is 5.08. The molecule has 1 saturated carbocycles. The average molecular weight is 402 g/mol. The number of amides is 1. The second-order valence-corrected chi connectivity index (χ2v) is 6.91. The molecule has 9 heteroatoms. The predicted octanol–water partition coefficient (Wildman–Crippen LogP) is 3.28. The Morgan fingerprint density at radius 1 is 1.31 bits per heavy atom. The minimum atomic E-state index is -0.867. The molecule has 0 spiro atoms. The molecule has 2 aromatic heterocycles. The molecule has 152 valence electrons. The molecule has 0 radical (unpaired) electrons. The lowest BCUT2D eigenvalue weighted by Gasteiger charge is -2.26. The van der Waals surface area contributed by atoms with E-state index in [0.29, 0.717) is 11.4 Å². The van der Waals surface area contributed by atoms with Gasteiger partial charge >= 0.3 is 0 Å². The molecule has 0 bridgehead atoms. The van der Waals surface area contributed by atoms with Gasteiger partial charge in [0.1, 0.15) is 11.4 Å². The number of aromatic nitrogens is 2. The van der Waals surface area contributed by atoms with E-state index in [1.165, 1.54) is 23.0 Å². The van der Waals surface area contributed by atoms with Crippen LogP contribution in [0.3, 0.4) is 0 Å². The number of pyridine rings is 1. The number of imidazole rings is 1. The fourth-order valence-corrected chi connectivity index (χ4v) is 3.36. The number of hydroxylamine groups is 1. The van der Waals surface area contributed by atoms with E-state index in [9.17, 15) is 13.6 Å². The molecule has 0 aliphatic heterocycles. The SMILES string of the molecule is O=C(NOCCO)c1c(F)cn2cncc2c1Nc1ccc(C2CCC2)cc1F. The normalized spacial score (nSPS) is 14.0. The summed E-state index contributed by atoms with van der Waals surface area (Å²) >= 11 is 0. The molecule has 0 atom stereocenters. The number of nitrogens with zero attached hydrogens (tertiary/aromatic N) is 2. The number of aliphatic hydroxyl groups excluding tert-OH is 1. The maximum Gasteiger partial charge on any atom is 0.280 e. The van der Waals surface area contributed by atoms with Crippen molar-refractivity contribution in [3.05, 3.63) is 59.7 Å². The lowest BCUT2D eigenvalue weighted by atomic mass is 9.80. The van der Waals surface area contributed by atoms with Crippen molar-refractivity contribution in [3.63, 3.8) is 0 Å². The van der Waals surface area contributed by atoms with Gasteiger partial charge in [-0.2, -0.15) is 0 Å². The molecule has 0 saturated heterocycles. The molecule has 4 rings (SSSR count). The number of rotatable bonds is 7. The Kier molecular flexibility index (Phi) is 5.41. The van der Waals surface area contributed by atoms with E-state index in [-0.39, 0.29) is 30.2 Å². The number of hydrogen-bond acceptors (Lipinski definition) is 5. The Morgan fingerprint density at radius 2 is 2.14 bits per heavy atom. The van der Waals surface area contributed by atoms with Gasteiger partial charge in [0, 0.05) is 6.20 Å². The van der Waals surface area contributed by atoms with Gasteiger partial charge in [-0.25, -0.2) is 19.2 Å². The first-order valence-corrected chi connectivity index (χ1v) is 9.32. The number of fused-ring (bicyclic) bond motifs is 1. The summed E-state index contributed by atoms with van der Waals surface area (Å²) in [5.74, 6) is -1.82. The fraction of sp³-hybridized carbons (Fsp3) is 0.300. The maximum absolute atomic E-state index is 14.7. The predicted molar refractivity (Wildman–Crippen MR) is 102 cm³/mol. The highest BCUT2D eigenvalue weighted by Gasteiger charge is 2.24. The molecule has 2 heterocycles. The number of carbonyl (C=O) groups excluding carboxylic acids is 1. The Hall–Kier alpha value is -3.04. The average Bonchev–Trinajstić information content (AvgIpc) is 3.10. The zero-order valence-corrected chi connectivity index (χ0v) is 15.5. The van der Waals surface area contributed by atoms with Gasteiger partial charge < -0.3 is 14.8 Å². The molecule has 1 amide bonds. The minimum Gasteiger partial charge on any atom is -0.394 e. The summed E-state index contributed by atoms with van der Waals surface area (Å²) in [6.45, 7) is -0.462. The molecule has 3 aromatic rings. The molecule has 1 aromatic carbocycles. The Balaban J connectivity index is 1.71. The number of hydrogen-bond donors (Lipinski definition) is 3. The van der Waals surface area contributed by atoms with E-state index in [2.05, 4.69) is 15.8 Å². The van der Waals surface area contributed by atoms with E-state index in [0.717, 1.165) is 31.0 Å². The molecule has 29 heavy (non-hydrogen) atoms. The fourth-order valence-electron chi connectivity index (χ4n) is 3.36. The van der Waals surface area contributed by atoms with Crippen LogP contribution >= 0.6 is 0 Å². The van der Waals surface area contributed by atoms with Gasteiger partial charge in [0.15, 0.2) is 5.82 Å². The van der Waals surface area contributed by atoms with Crippen molar-refractivity contribution in [2.75, 3.05) is 18.5 Å². The summed E-state index contributed by atoms with van der Waals surface area (Å²) in [6, 6.07) is 4.90. The number of nitrogens with one attached hydrogen (secondary N) is 2. The number of benzene rings is 1. The third kappa shape index (κ3) is 3.79. The molecule has 1 fully saturated rings. The lowest BCUT2D eigenvalue weighted by molar-refractivity contribution is 0.0166. The lowest BCUT2D eigenvalue weighted by Crippen LogP contribution is -2.27. The zero-order valence-electron chi connectivity index (χ0n) is 15.5. The summed E-state index contributed by atoms with van der Waals surface area (Å²) < 4.78 is 30.8. The van der Waals surface area contributed by atoms with Gasteiger partial charge in [-0.3, -0.25) is 9.63 Å². The van der Waals surface area contributed by atoms with Crippen LogP contribution in [-0.2, 0) is 4.84 Å². The van der Waals surface area contributed by atoms with Crippen molar-refractivity contribution < 1.29 is 23.5 Å². The summed E-state index contributed by atoms with van der Waals surface area (Å²) in [7, 11) is 0. The Labute approximate surface area is 165 Å². The second-order valence-electron chi connectivity index (χ2n) is 6.91. The molecular weight excluding hydrogens is 382 g/mol. The molecular formula is C20H20F2N4O3. The highest BCUT2D eigenvalue weighted by atomic mass is 19.1. The van der Waals surface area contributed by atoms with Crippen LogP contribution < -0.4 is 10.8 Å². The van der Waals surface area contributed by atoms with Gasteiger partial charge in [0.25, 0.3) is 5.91 Å². The van der Waals surface area contributed by atoms with Crippen molar-refractivity contribution in [1.82, 2.24) is 14.9 Å².